The Morgan fingerprint density at radius 3 is 2.95 bits per heavy atom. The highest BCUT2D eigenvalue weighted by atomic mass is 35.5. The summed E-state index contributed by atoms with van der Waals surface area (Å²) in [7, 11) is 1.53. The highest BCUT2D eigenvalue weighted by Gasteiger charge is 2.29. The van der Waals surface area contributed by atoms with Crippen molar-refractivity contribution in [1.29, 1.82) is 0 Å². The Bertz CT molecular complexity index is 519. The van der Waals surface area contributed by atoms with Gasteiger partial charge in [-0.15, -0.1) is 0 Å². The molecule has 1 aromatic rings. The van der Waals surface area contributed by atoms with Gasteiger partial charge in [-0.3, -0.25) is 4.79 Å². The summed E-state index contributed by atoms with van der Waals surface area (Å²) in [6, 6.07) is 5.20. The minimum Gasteiger partial charge on any atom is -0.496 e. The van der Waals surface area contributed by atoms with Crippen LogP contribution in [0, 0.1) is 11.8 Å². The van der Waals surface area contributed by atoms with Crippen molar-refractivity contribution in [2.45, 2.75) is 32.8 Å². The minimum absolute atomic E-state index is 0.196. The number of carbonyl (C=O) groups excluding carboxylic acids is 1. The van der Waals surface area contributed by atoms with Gasteiger partial charge in [0.1, 0.15) is 5.75 Å². The summed E-state index contributed by atoms with van der Waals surface area (Å²) >= 11 is 6.14. The summed E-state index contributed by atoms with van der Waals surface area (Å²) in [6.07, 6.45) is 2.31. The third-order valence-electron chi connectivity index (χ3n) is 4.10. The van der Waals surface area contributed by atoms with Crippen molar-refractivity contribution >= 4 is 17.5 Å². The van der Waals surface area contributed by atoms with Gasteiger partial charge in [0.25, 0.3) is 5.91 Å². The van der Waals surface area contributed by atoms with E-state index < -0.39 is 0 Å². The molecule has 2 atom stereocenters. The summed E-state index contributed by atoms with van der Waals surface area (Å²) < 4.78 is 11.1. The van der Waals surface area contributed by atoms with Crippen molar-refractivity contribution in [1.82, 2.24) is 5.32 Å². The fraction of sp³-hybridized carbons (Fsp3) is 0.588. The van der Waals surface area contributed by atoms with Crippen LogP contribution in [-0.2, 0) is 4.74 Å². The predicted octanol–water partition coefficient (Wildman–Crippen LogP) is 3.53. The second-order valence-corrected chi connectivity index (χ2v) is 6.42. The van der Waals surface area contributed by atoms with Crippen LogP contribution in [0.3, 0.4) is 0 Å². The second-order valence-electron chi connectivity index (χ2n) is 6.01. The predicted molar refractivity (Wildman–Crippen MR) is 87.6 cm³/mol. The summed E-state index contributed by atoms with van der Waals surface area (Å²) in [5.74, 6) is 1.07. The number of carbonyl (C=O) groups is 1. The number of nitrogens with one attached hydrogen (secondary N) is 1. The third-order valence-corrected chi connectivity index (χ3v) is 4.41. The number of hydrogen-bond acceptors (Lipinski definition) is 3. The first kappa shape index (κ1) is 17.1. The average molecular weight is 326 g/mol. The van der Waals surface area contributed by atoms with Crippen LogP contribution in [0.15, 0.2) is 18.2 Å². The molecule has 2 rings (SSSR count). The van der Waals surface area contributed by atoms with E-state index in [1.165, 1.54) is 7.11 Å². The van der Waals surface area contributed by atoms with Crippen LogP contribution in [0.25, 0.3) is 0 Å². The lowest BCUT2D eigenvalue weighted by atomic mass is 9.87. The fourth-order valence-electron chi connectivity index (χ4n) is 3.03. The molecule has 1 amide bonds. The molecule has 0 bridgehead atoms. The first-order valence-corrected chi connectivity index (χ1v) is 8.14. The molecule has 122 valence electrons. The molecule has 0 spiro atoms. The van der Waals surface area contributed by atoms with Gasteiger partial charge in [0.15, 0.2) is 0 Å². The van der Waals surface area contributed by atoms with Crippen LogP contribution in [-0.4, -0.2) is 32.3 Å². The first-order valence-electron chi connectivity index (χ1n) is 7.77. The molecule has 22 heavy (non-hydrogen) atoms. The zero-order valence-corrected chi connectivity index (χ0v) is 14.2. The highest BCUT2D eigenvalue weighted by Crippen LogP contribution is 2.28. The van der Waals surface area contributed by atoms with E-state index in [1.54, 1.807) is 18.2 Å². The fourth-order valence-corrected chi connectivity index (χ4v) is 3.28. The van der Waals surface area contributed by atoms with Gasteiger partial charge in [-0.25, -0.2) is 0 Å². The Kier molecular flexibility index (Phi) is 6.09. The molecule has 0 saturated carbocycles. The molecule has 1 aromatic carbocycles. The summed E-state index contributed by atoms with van der Waals surface area (Å²) in [5, 5.41) is 3.39. The molecule has 1 N–H and O–H groups in total. The Morgan fingerprint density at radius 1 is 1.50 bits per heavy atom. The van der Waals surface area contributed by atoms with Crippen molar-refractivity contribution in [2.24, 2.45) is 11.8 Å². The highest BCUT2D eigenvalue weighted by molar-refractivity contribution is 6.34. The van der Waals surface area contributed by atoms with Crippen LogP contribution in [0.1, 0.15) is 37.0 Å². The third kappa shape index (κ3) is 3.93. The Hall–Kier alpha value is -1.26. The normalized spacial score (nSPS) is 21.7. The van der Waals surface area contributed by atoms with E-state index in [-0.39, 0.29) is 12.0 Å². The molecular formula is C17H24ClNO3. The standard InChI is InChI=1S/C17H24ClNO3/c1-11(2)16-12(6-5-9-22-16)10-19-17(20)15-13(18)7-4-8-14(15)21-3/h4,7-8,11-12,16H,5-6,9-10H2,1-3H3,(H,19,20)/t12-,16+/m0/s1. The van der Waals surface area contributed by atoms with Gasteiger partial charge < -0.3 is 14.8 Å². The molecule has 0 unspecified atom stereocenters. The molecule has 0 aliphatic carbocycles. The topological polar surface area (TPSA) is 47.6 Å². The van der Waals surface area contributed by atoms with Crippen molar-refractivity contribution in [2.75, 3.05) is 20.3 Å². The van der Waals surface area contributed by atoms with E-state index in [1.807, 2.05) is 0 Å². The van der Waals surface area contributed by atoms with Gasteiger partial charge in [0.2, 0.25) is 0 Å². The summed E-state index contributed by atoms with van der Waals surface area (Å²) in [6.45, 7) is 5.71. The van der Waals surface area contributed by atoms with E-state index in [0.29, 0.717) is 34.7 Å². The quantitative estimate of drug-likeness (QED) is 0.901. The van der Waals surface area contributed by atoms with Gasteiger partial charge in [0.05, 0.1) is 23.8 Å². The van der Waals surface area contributed by atoms with Gasteiger partial charge in [0, 0.05) is 19.1 Å². The lowest BCUT2D eigenvalue weighted by Gasteiger charge is -2.34. The van der Waals surface area contributed by atoms with Crippen molar-refractivity contribution in [3.8, 4) is 5.75 Å². The molecular weight excluding hydrogens is 302 g/mol. The van der Waals surface area contributed by atoms with Gasteiger partial charge in [-0.05, 0) is 30.9 Å². The van der Waals surface area contributed by atoms with E-state index in [2.05, 4.69) is 19.2 Å². The average Bonchev–Trinajstić information content (AvgIpc) is 2.52. The molecule has 0 aromatic heterocycles. The maximum Gasteiger partial charge on any atom is 0.256 e. The molecule has 1 heterocycles. The van der Waals surface area contributed by atoms with Crippen LogP contribution in [0.4, 0.5) is 0 Å². The Labute approximate surface area is 137 Å². The molecule has 0 radical (unpaired) electrons. The molecule has 1 aliphatic heterocycles. The summed E-state index contributed by atoms with van der Waals surface area (Å²) in [5.41, 5.74) is 0.393. The Balaban J connectivity index is 2.03. The number of amides is 1. The number of ether oxygens (including phenoxy) is 2. The van der Waals surface area contributed by atoms with E-state index in [4.69, 9.17) is 21.1 Å². The zero-order chi connectivity index (χ0) is 16.1. The number of methoxy groups -OCH3 is 1. The molecule has 1 saturated heterocycles. The zero-order valence-electron chi connectivity index (χ0n) is 13.4. The van der Waals surface area contributed by atoms with Crippen LogP contribution < -0.4 is 10.1 Å². The molecule has 1 aliphatic rings. The lowest BCUT2D eigenvalue weighted by molar-refractivity contribution is -0.0510. The Morgan fingerprint density at radius 2 is 2.27 bits per heavy atom. The first-order chi connectivity index (χ1) is 10.5. The largest absolute Gasteiger partial charge is 0.496 e. The van der Waals surface area contributed by atoms with Crippen molar-refractivity contribution < 1.29 is 14.3 Å². The van der Waals surface area contributed by atoms with Crippen LogP contribution >= 0.6 is 11.6 Å². The molecule has 5 heteroatoms. The maximum absolute atomic E-state index is 12.4. The van der Waals surface area contributed by atoms with E-state index in [0.717, 1.165) is 19.4 Å². The van der Waals surface area contributed by atoms with E-state index >= 15 is 0 Å². The van der Waals surface area contributed by atoms with Crippen molar-refractivity contribution in [3.63, 3.8) is 0 Å². The number of benzene rings is 1. The van der Waals surface area contributed by atoms with Gasteiger partial charge >= 0.3 is 0 Å². The minimum atomic E-state index is -0.199. The van der Waals surface area contributed by atoms with Crippen molar-refractivity contribution in [3.05, 3.63) is 28.8 Å². The monoisotopic (exact) mass is 325 g/mol. The molecule has 1 fully saturated rings. The smallest absolute Gasteiger partial charge is 0.256 e. The summed E-state index contributed by atoms with van der Waals surface area (Å²) in [4.78, 5) is 12.4. The van der Waals surface area contributed by atoms with Crippen LogP contribution in [0.2, 0.25) is 5.02 Å². The lowest BCUT2D eigenvalue weighted by Crippen LogP contribution is -2.41. The SMILES string of the molecule is COc1cccc(Cl)c1C(=O)NC[C@@H]1CCCO[C@@H]1C(C)C. The van der Waals surface area contributed by atoms with Gasteiger partial charge in [-0.2, -0.15) is 0 Å². The van der Waals surface area contributed by atoms with E-state index in [9.17, 15) is 4.79 Å². The maximum atomic E-state index is 12.4. The van der Waals surface area contributed by atoms with Gasteiger partial charge in [-0.1, -0.05) is 31.5 Å². The van der Waals surface area contributed by atoms with Crippen LogP contribution in [0.5, 0.6) is 5.75 Å². The number of hydrogen-bond donors (Lipinski definition) is 1. The molecule has 4 nitrogen and oxygen atoms in total. The second kappa shape index (κ2) is 7.84. The number of halogens is 1. The number of rotatable bonds is 5.